The van der Waals surface area contributed by atoms with Gasteiger partial charge in [0.1, 0.15) is 5.58 Å². The number of alkyl halides is 1. The number of carbonyl (C=O) groups excluding carboxylic acids is 1. The molecule has 17 heavy (non-hydrogen) atoms. The highest BCUT2D eigenvalue weighted by atomic mass is 79.9. The molecular formula is C13H13BrO3. The van der Waals surface area contributed by atoms with Crippen LogP contribution in [0.5, 0.6) is 0 Å². The van der Waals surface area contributed by atoms with Gasteiger partial charge in [-0.2, -0.15) is 0 Å². The van der Waals surface area contributed by atoms with Crippen LogP contribution in [0.4, 0.5) is 0 Å². The topological polar surface area (TPSA) is 39.4 Å². The molecule has 0 aliphatic heterocycles. The predicted octanol–water partition coefficient (Wildman–Crippen LogP) is 3.43. The van der Waals surface area contributed by atoms with Gasteiger partial charge in [-0.3, -0.25) is 4.79 Å². The number of halogens is 1. The lowest BCUT2D eigenvalue weighted by Gasteiger charge is -2.00. The van der Waals surface area contributed by atoms with E-state index in [0.717, 1.165) is 27.4 Å². The highest BCUT2D eigenvalue weighted by Gasteiger charge is 2.11. The molecule has 0 fully saturated rings. The van der Waals surface area contributed by atoms with Crippen molar-refractivity contribution in [3.05, 3.63) is 35.6 Å². The molecule has 2 aromatic rings. The zero-order valence-corrected chi connectivity index (χ0v) is 11.1. The Balaban J connectivity index is 2.27. The first-order valence-corrected chi connectivity index (χ1v) is 6.57. The lowest BCUT2D eigenvalue weighted by Crippen LogP contribution is -2.06. The Morgan fingerprint density at radius 1 is 1.47 bits per heavy atom. The molecule has 1 heterocycles. The van der Waals surface area contributed by atoms with E-state index in [9.17, 15) is 4.79 Å². The van der Waals surface area contributed by atoms with Gasteiger partial charge >= 0.3 is 5.97 Å². The summed E-state index contributed by atoms with van der Waals surface area (Å²) in [5.41, 5.74) is 2.83. The molecule has 0 saturated heterocycles. The van der Waals surface area contributed by atoms with Crippen LogP contribution in [0.1, 0.15) is 18.1 Å². The molecule has 0 bridgehead atoms. The summed E-state index contributed by atoms with van der Waals surface area (Å²) in [6.07, 6.45) is 1.88. The lowest BCUT2D eigenvalue weighted by molar-refractivity contribution is -0.142. The van der Waals surface area contributed by atoms with E-state index < -0.39 is 0 Å². The molecule has 2 rings (SSSR count). The van der Waals surface area contributed by atoms with Crippen molar-refractivity contribution in [2.24, 2.45) is 0 Å². The largest absolute Gasteiger partial charge is 0.466 e. The molecule has 0 unspecified atom stereocenters. The maximum Gasteiger partial charge on any atom is 0.310 e. The Morgan fingerprint density at radius 3 is 3.00 bits per heavy atom. The van der Waals surface area contributed by atoms with Crippen LogP contribution in [0.15, 0.2) is 28.9 Å². The van der Waals surface area contributed by atoms with Crippen LogP contribution < -0.4 is 0 Å². The number of hydrogen-bond acceptors (Lipinski definition) is 3. The third kappa shape index (κ3) is 2.69. The lowest BCUT2D eigenvalue weighted by atomic mass is 10.1. The van der Waals surface area contributed by atoms with Gasteiger partial charge in [0.2, 0.25) is 0 Å². The van der Waals surface area contributed by atoms with E-state index in [2.05, 4.69) is 15.9 Å². The standard InChI is InChI=1S/C13H13BrO3/c1-2-16-13(15)6-10-8-17-12-5-9(7-14)3-4-11(10)12/h3-5,8H,2,6-7H2,1H3. The molecule has 3 nitrogen and oxygen atoms in total. The van der Waals surface area contributed by atoms with Crippen LogP contribution in [-0.2, 0) is 21.3 Å². The Bertz CT molecular complexity index is 530. The summed E-state index contributed by atoms with van der Waals surface area (Å²) in [7, 11) is 0. The van der Waals surface area contributed by atoms with Crippen LogP contribution in [0, 0.1) is 0 Å². The summed E-state index contributed by atoms with van der Waals surface area (Å²) in [5, 5.41) is 1.76. The molecule has 90 valence electrons. The van der Waals surface area contributed by atoms with Crippen molar-refractivity contribution >= 4 is 32.9 Å². The molecule has 4 heteroatoms. The zero-order chi connectivity index (χ0) is 12.3. The van der Waals surface area contributed by atoms with E-state index in [1.807, 2.05) is 18.2 Å². The van der Waals surface area contributed by atoms with Crippen LogP contribution in [0.25, 0.3) is 11.0 Å². The van der Waals surface area contributed by atoms with Crippen LogP contribution in [0.2, 0.25) is 0 Å². The molecule has 0 spiro atoms. The Kier molecular flexibility index (Phi) is 3.84. The summed E-state index contributed by atoms with van der Waals surface area (Å²) in [5.74, 6) is -0.222. The predicted molar refractivity (Wildman–Crippen MR) is 69.2 cm³/mol. The van der Waals surface area contributed by atoms with Crippen molar-refractivity contribution in [2.45, 2.75) is 18.7 Å². The Labute approximate surface area is 108 Å². The fraction of sp³-hybridized carbons (Fsp3) is 0.308. The number of carbonyl (C=O) groups is 1. The molecular weight excluding hydrogens is 284 g/mol. The first kappa shape index (κ1) is 12.2. The van der Waals surface area contributed by atoms with Crippen molar-refractivity contribution < 1.29 is 13.9 Å². The zero-order valence-electron chi connectivity index (χ0n) is 9.53. The molecule has 0 saturated carbocycles. The van der Waals surface area contributed by atoms with E-state index in [1.54, 1.807) is 13.2 Å². The number of esters is 1. The number of ether oxygens (including phenoxy) is 1. The van der Waals surface area contributed by atoms with Gasteiger partial charge in [0.25, 0.3) is 0 Å². The SMILES string of the molecule is CCOC(=O)Cc1coc2cc(CBr)ccc12. The molecule has 0 atom stereocenters. The smallest absolute Gasteiger partial charge is 0.310 e. The van der Waals surface area contributed by atoms with E-state index in [0.29, 0.717) is 6.61 Å². The molecule has 1 aromatic heterocycles. The average molecular weight is 297 g/mol. The summed E-state index contributed by atoms with van der Waals surface area (Å²) in [6, 6.07) is 5.96. The number of furan rings is 1. The van der Waals surface area contributed by atoms with Gasteiger partial charge in [0, 0.05) is 16.3 Å². The molecule has 0 N–H and O–H groups in total. The van der Waals surface area contributed by atoms with Crippen molar-refractivity contribution in [1.29, 1.82) is 0 Å². The summed E-state index contributed by atoms with van der Waals surface area (Å²) in [4.78, 5) is 11.4. The van der Waals surface area contributed by atoms with Gasteiger partial charge in [-0.15, -0.1) is 0 Å². The second-order valence-corrected chi connectivity index (χ2v) is 4.27. The van der Waals surface area contributed by atoms with Crippen LogP contribution >= 0.6 is 15.9 Å². The first-order chi connectivity index (χ1) is 8.24. The highest BCUT2D eigenvalue weighted by Crippen LogP contribution is 2.24. The van der Waals surface area contributed by atoms with E-state index >= 15 is 0 Å². The number of benzene rings is 1. The maximum absolute atomic E-state index is 11.4. The molecule has 0 amide bonds. The fourth-order valence-corrected chi connectivity index (χ4v) is 2.06. The molecule has 0 radical (unpaired) electrons. The van der Waals surface area contributed by atoms with Crippen LogP contribution in [0.3, 0.4) is 0 Å². The first-order valence-electron chi connectivity index (χ1n) is 5.45. The third-order valence-electron chi connectivity index (χ3n) is 2.51. The van der Waals surface area contributed by atoms with E-state index in [-0.39, 0.29) is 12.4 Å². The van der Waals surface area contributed by atoms with Gasteiger partial charge in [0.15, 0.2) is 0 Å². The quantitative estimate of drug-likeness (QED) is 0.641. The Morgan fingerprint density at radius 2 is 2.29 bits per heavy atom. The third-order valence-corrected chi connectivity index (χ3v) is 3.16. The highest BCUT2D eigenvalue weighted by molar-refractivity contribution is 9.08. The minimum absolute atomic E-state index is 0.222. The number of hydrogen-bond donors (Lipinski definition) is 0. The fourth-order valence-electron chi connectivity index (χ4n) is 1.72. The van der Waals surface area contributed by atoms with Gasteiger partial charge in [-0.25, -0.2) is 0 Å². The van der Waals surface area contributed by atoms with Gasteiger partial charge in [-0.1, -0.05) is 28.1 Å². The maximum atomic E-state index is 11.4. The Hall–Kier alpha value is -1.29. The van der Waals surface area contributed by atoms with Gasteiger partial charge < -0.3 is 9.15 Å². The van der Waals surface area contributed by atoms with Gasteiger partial charge in [-0.05, 0) is 18.6 Å². The van der Waals surface area contributed by atoms with Crippen LogP contribution in [-0.4, -0.2) is 12.6 Å². The van der Waals surface area contributed by atoms with Crippen molar-refractivity contribution in [3.63, 3.8) is 0 Å². The van der Waals surface area contributed by atoms with E-state index in [4.69, 9.17) is 9.15 Å². The normalized spacial score (nSPS) is 10.7. The average Bonchev–Trinajstić information content (AvgIpc) is 2.72. The summed E-state index contributed by atoms with van der Waals surface area (Å²) >= 11 is 3.40. The molecule has 0 aliphatic rings. The number of fused-ring (bicyclic) bond motifs is 1. The summed E-state index contributed by atoms with van der Waals surface area (Å²) in [6.45, 7) is 2.20. The summed E-state index contributed by atoms with van der Waals surface area (Å²) < 4.78 is 10.4. The number of rotatable bonds is 4. The minimum Gasteiger partial charge on any atom is -0.466 e. The molecule has 1 aromatic carbocycles. The monoisotopic (exact) mass is 296 g/mol. The molecule has 0 aliphatic carbocycles. The van der Waals surface area contributed by atoms with Gasteiger partial charge in [0.05, 0.1) is 19.3 Å². The second kappa shape index (κ2) is 5.36. The van der Waals surface area contributed by atoms with Crippen molar-refractivity contribution in [1.82, 2.24) is 0 Å². The van der Waals surface area contributed by atoms with Crippen molar-refractivity contribution in [3.8, 4) is 0 Å². The second-order valence-electron chi connectivity index (χ2n) is 3.71. The van der Waals surface area contributed by atoms with E-state index in [1.165, 1.54) is 0 Å². The minimum atomic E-state index is -0.222. The van der Waals surface area contributed by atoms with Crippen molar-refractivity contribution in [2.75, 3.05) is 6.61 Å².